The second-order valence-electron chi connectivity index (χ2n) is 4.60. The first-order valence-corrected chi connectivity index (χ1v) is 7.18. The summed E-state index contributed by atoms with van der Waals surface area (Å²) >= 11 is 0. The molecule has 0 fully saturated rings. The summed E-state index contributed by atoms with van der Waals surface area (Å²) in [5.41, 5.74) is 0. The summed E-state index contributed by atoms with van der Waals surface area (Å²) in [6, 6.07) is 0. The number of carbonyl (C=O) groups is 1. The van der Waals surface area contributed by atoms with E-state index in [2.05, 4.69) is 6.58 Å². The van der Waals surface area contributed by atoms with Gasteiger partial charge in [0, 0.05) is 13.0 Å². The van der Waals surface area contributed by atoms with Gasteiger partial charge >= 0.3 is 5.97 Å². The number of aliphatic hydroxyl groups excluding tert-OH is 1. The van der Waals surface area contributed by atoms with E-state index in [1.165, 1.54) is 25.7 Å². The molecule has 0 rings (SSSR count). The van der Waals surface area contributed by atoms with Crippen LogP contribution in [-0.4, -0.2) is 24.3 Å². The SMILES string of the molecule is C=CCCC(=O)OCCCCCCCCCCO. The summed E-state index contributed by atoms with van der Waals surface area (Å²) in [6.45, 7) is 4.44. The highest BCUT2D eigenvalue weighted by Crippen LogP contribution is 2.08. The molecule has 0 saturated heterocycles. The molecule has 3 heteroatoms. The Kier molecular flexibility index (Phi) is 13.6. The van der Waals surface area contributed by atoms with Crippen LogP contribution in [0.25, 0.3) is 0 Å². The van der Waals surface area contributed by atoms with Crippen LogP contribution in [0.15, 0.2) is 12.7 Å². The van der Waals surface area contributed by atoms with Crippen LogP contribution in [0.5, 0.6) is 0 Å². The number of ether oxygens (including phenoxy) is 1. The molecule has 0 heterocycles. The molecule has 0 aliphatic carbocycles. The van der Waals surface area contributed by atoms with Gasteiger partial charge in [-0.3, -0.25) is 4.79 Å². The molecule has 0 radical (unpaired) electrons. The number of rotatable bonds is 13. The summed E-state index contributed by atoms with van der Waals surface area (Å²) < 4.78 is 5.09. The largest absolute Gasteiger partial charge is 0.466 e. The van der Waals surface area contributed by atoms with Crippen LogP contribution in [0.4, 0.5) is 0 Å². The van der Waals surface area contributed by atoms with Crippen molar-refractivity contribution in [1.82, 2.24) is 0 Å². The van der Waals surface area contributed by atoms with Crippen molar-refractivity contribution in [3.8, 4) is 0 Å². The Morgan fingerprint density at radius 2 is 1.56 bits per heavy atom. The Bertz CT molecular complexity index is 202. The maximum absolute atomic E-state index is 11.1. The van der Waals surface area contributed by atoms with E-state index in [9.17, 15) is 4.79 Å². The van der Waals surface area contributed by atoms with Crippen LogP contribution in [0.3, 0.4) is 0 Å². The van der Waals surface area contributed by atoms with Gasteiger partial charge in [0.05, 0.1) is 6.61 Å². The van der Waals surface area contributed by atoms with Gasteiger partial charge in [-0.2, -0.15) is 0 Å². The van der Waals surface area contributed by atoms with Crippen LogP contribution >= 0.6 is 0 Å². The third-order valence-electron chi connectivity index (χ3n) is 2.87. The third-order valence-corrected chi connectivity index (χ3v) is 2.87. The minimum atomic E-state index is -0.112. The van der Waals surface area contributed by atoms with Gasteiger partial charge in [0.2, 0.25) is 0 Å². The number of hydrogen-bond donors (Lipinski definition) is 1. The van der Waals surface area contributed by atoms with E-state index in [1.807, 2.05) is 0 Å². The van der Waals surface area contributed by atoms with Crippen LogP contribution < -0.4 is 0 Å². The highest BCUT2D eigenvalue weighted by molar-refractivity contribution is 5.69. The molecule has 0 amide bonds. The van der Waals surface area contributed by atoms with E-state index in [0.29, 0.717) is 26.1 Å². The van der Waals surface area contributed by atoms with Crippen molar-refractivity contribution < 1.29 is 14.6 Å². The van der Waals surface area contributed by atoms with Crippen LogP contribution in [-0.2, 0) is 9.53 Å². The molecule has 0 aromatic rings. The zero-order valence-electron chi connectivity index (χ0n) is 11.5. The second kappa shape index (κ2) is 14.2. The fourth-order valence-electron chi connectivity index (χ4n) is 1.75. The Labute approximate surface area is 111 Å². The Balaban J connectivity index is 3.06. The number of carbonyl (C=O) groups excluding carboxylic acids is 1. The van der Waals surface area contributed by atoms with Gasteiger partial charge in [-0.05, 0) is 19.3 Å². The van der Waals surface area contributed by atoms with E-state index in [4.69, 9.17) is 9.84 Å². The van der Waals surface area contributed by atoms with E-state index in [1.54, 1.807) is 6.08 Å². The van der Waals surface area contributed by atoms with Gasteiger partial charge in [0.1, 0.15) is 0 Å². The molecule has 1 N–H and O–H groups in total. The number of aliphatic hydroxyl groups is 1. The van der Waals surface area contributed by atoms with Crippen molar-refractivity contribution in [1.29, 1.82) is 0 Å². The van der Waals surface area contributed by atoms with Gasteiger partial charge in [-0.25, -0.2) is 0 Å². The van der Waals surface area contributed by atoms with Gasteiger partial charge in [0.15, 0.2) is 0 Å². The zero-order chi connectivity index (χ0) is 13.5. The maximum Gasteiger partial charge on any atom is 0.306 e. The van der Waals surface area contributed by atoms with Gasteiger partial charge in [-0.1, -0.05) is 44.6 Å². The molecule has 0 aromatic heterocycles. The van der Waals surface area contributed by atoms with E-state index in [-0.39, 0.29) is 5.97 Å². The predicted octanol–water partition coefficient (Wildman–Crippen LogP) is 3.61. The fraction of sp³-hybridized carbons (Fsp3) is 0.800. The highest BCUT2D eigenvalue weighted by atomic mass is 16.5. The summed E-state index contributed by atoms with van der Waals surface area (Å²) in [7, 11) is 0. The average Bonchev–Trinajstić information content (AvgIpc) is 2.38. The molecule has 0 aromatic carbocycles. The van der Waals surface area contributed by atoms with Crippen molar-refractivity contribution in [2.45, 2.75) is 64.2 Å². The fourth-order valence-corrected chi connectivity index (χ4v) is 1.75. The van der Waals surface area contributed by atoms with Gasteiger partial charge in [0.25, 0.3) is 0 Å². The summed E-state index contributed by atoms with van der Waals surface area (Å²) in [6.07, 6.45) is 12.0. The summed E-state index contributed by atoms with van der Waals surface area (Å²) in [5.74, 6) is -0.112. The quantitative estimate of drug-likeness (QED) is 0.311. The Morgan fingerprint density at radius 1 is 1.00 bits per heavy atom. The maximum atomic E-state index is 11.1. The molecule has 0 spiro atoms. The number of unbranched alkanes of at least 4 members (excludes halogenated alkanes) is 7. The molecule has 18 heavy (non-hydrogen) atoms. The van der Waals surface area contributed by atoms with Crippen molar-refractivity contribution in [3.05, 3.63) is 12.7 Å². The standard InChI is InChI=1S/C15H28O3/c1-2-3-12-15(17)18-14-11-9-7-5-4-6-8-10-13-16/h2,16H,1,3-14H2. The van der Waals surface area contributed by atoms with Gasteiger partial charge in [-0.15, -0.1) is 6.58 Å². The van der Waals surface area contributed by atoms with Crippen molar-refractivity contribution >= 4 is 5.97 Å². The molecule has 3 nitrogen and oxygen atoms in total. The van der Waals surface area contributed by atoms with E-state index < -0.39 is 0 Å². The lowest BCUT2D eigenvalue weighted by Crippen LogP contribution is -2.05. The van der Waals surface area contributed by atoms with Gasteiger partial charge < -0.3 is 9.84 Å². The Morgan fingerprint density at radius 3 is 2.11 bits per heavy atom. The zero-order valence-corrected chi connectivity index (χ0v) is 11.5. The topological polar surface area (TPSA) is 46.5 Å². The molecular weight excluding hydrogens is 228 g/mol. The summed E-state index contributed by atoms with van der Waals surface area (Å²) in [5, 5.41) is 8.62. The van der Waals surface area contributed by atoms with Crippen LogP contribution in [0, 0.1) is 0 Å². The molecule has 0 saturated carbocycles. The van der Waals surface area contributed by atoms with E-state index in [0.717, 1.165) is 25.7 Å². The summed E-state index contributed by atoms with van der Waals surface area (Å²) in [4.78, 5) is 11.1. The second-order valence-corrected chi connectivity index (χ2v) is 4.60. The molecule has 0 unspecified atom stereocenters. The minimum absolute atomic E-state index is 0.112. The first-order chi connectivity index (χ1) is 8.81. The Hall–Kier alpha value is -0.830. The molecule has 0 aliphatic heterocycles. The lowest BCUT2D eigenvalue weighted by atomic mass is 10.1. The monoisotopic (exact) mass is 256 g/mol. The molecular formula is C15H28O3. The normalized spacial score (nSPS) is 10.3. The molecule has 0 atom stereocenters. The third kappa shape index (κ3) is 13.2. The van der Waals surface area contributed by atoms with E-state index >= 15 is 0 Å². The average molecular weight is 256 g/mol. The highest BCUT2D eigenvalue weighted by Gasteiger charge is 2.00. The molecule has 106 valence electrons. The molecule has 0 aliphatic rings. The van der Waals surface area contributed by atoms with Crippen molar-refractivity contribution in [3.63, 3.8) is 0 Å². The smallest absolute Gasteiger partial charge is 0.306 e. The predicted molar refractivity (Wildman–Crippen MR) is 74.4 cm³/mol. The number of esters is 1. The number of hydrogen-bond acceptors (Lipinski definition) is 3. The van der Waals surface area contributed by atoms with Crippen molar-refractivity contribution in [2.75, 3.05) is 13.2 Å². The first-order valence-electron chi connectivity index (χ1n) is 7.18. The minimum Gasteiger partial charge on any atom is -0.466 e. The van der Waals surface area contributed by atoms with Crippen LogP contribution in [0.2, 0.25) is 0 Å². The number of allylic oxidation sites excluding steroid dienone is 1. The van der Waals surface area contributed by atoms with Crippen molar-refractivity contribution in [2.24, 2.45) is 0 Å². The first kappa shape index (κ1) is 17.2. The lowest BCUT2D eigenvalue weighted by molar-refractivity contribution is -0.143. The lowest BCUT2D eigenvalue weighted by Gasteiger charge is -2.04. The van der Waals surface area contributed by atoms with Crippen LogP contribution in [0.1, 0.15) is 64.2 Å². The molecule has 0 bridgehead atoms.